The summed E-state index contributed by atoms with van der Waals surface area (Å²) >= 11 is 0. The lowest BCUT2D eigenvalue weighted by molar-refractivity contribution is -0.142. The van der Waals surface area contributed by atoms with Gasteiger partial charge in [0.15, 0.2) is 5.65 Å². The van der Waals surface area contributed by atoms with Gasteiger partial charge in [0.1, 0.15) is 18.2 Å². The number of nitrogens with one attached hydrogen (secondary N) is 1. The van der Waals surface area contributed by atoms with E-state index >= 15 is 0 Å². The SMILES string of the molecule is COCCOc1ncc2[nH]c(=O)n(Cc3ccc(CN4CCC[C@@H]4C(=O)O)cc3)c2n1. The highest BCUT2D eigenvalue weighted by atomic mass is 16.5. The number of carboxylic acids is 1. The zero-order valence-corrected chi connectivity index (χ0v) is 17.3. The fourth-order valence-corrected chi connectivity index (χ4v) is 3.82. The number of imidazole rings is 1. The molecule has 0 bridgehead atoms. The number of fused-ring (bicyclic) bond motifs is 1. The Labute approximate surface area is 178 Å². The minimum Gasteiger partial charge on any atom is -0.480 e. The van der Waals surface area contributed by atoms with Gasteiger partial charge in [-0.15, -0.1) is 0 Å². The Balaban J connectivity index is 1.48. The molecule has 0 aliphatic carbocycles. The van der Waals surface area contributed by atoms with Crippen LogP contribution in [0.25, 0.3) is 11.2 Å². The second-order valence-electron chi connectivity index (χ2n) is 7.53. The van der Waals surface area contributed by atoms with Crippen molar-refractivity contribution < 1.29 is 19.4 Å². The quantitative estimate of drug-likeness (QED) is 0.489. The predicted molar refractivity (Wildman–Crippen MR) is 112 cm³/mol. The van der Waals surface area contributed by atoms with Crippen molar-refractivity contribution in [2.75, 3.05) is 26.9 Å². The van der Waals surface area contributed by atoms with Crippen LogP contribution in [0, 0.1) is 0 Å². The summed E-state index contributed by atoms with van der Waals surface area (Å²) < 4.78 is 11.9. The molecular formula is C21H25N5O5. The number of hydrogen-bond acceptors (Lipinski definition) is 7. The van der Waals surface area contributed by atoms with Crippen molar-refractivity contribution in [3.05, 3.63) is 52.1 Å². The van der Waals surface area contributed by atoms with Crippen LogP contribution in [0.3, 0.4) is 0 Å². The number of carbonyl (C=O) groups is 1. The van der Waals surface area contributed by atoms with Gasteiger partial charge in [-0.2, -0.15) is 4.98 Å². The van der Waals surface area contributed by atoms with Gasteiger partial charge in [-0.25, -0.2) is 9.78 Å². The van der Waals surface area contributed by atoms with Gasteiger partial charge in [0.05, 0.1) is 19.3 Å². The zero-order chi connectivity index (χ0) is 21.8. The number of H-pyrrole nitrogens is 1. The maximum Gasteiger partial charge on any atom is 0.328 e. The van der Waals surface area contributed by atoms with Crippen LogP contribution in [0.2, 0.25) is 0 Å². The van der Waals surface area contributed by atoms with Crippen molar-refractivity contribution in [1.29, 1.82) is 0 Å². The Morgan fingerprint density at radius 1 is 1.23 bits per heavy atom. The molecular weight excluding hydrogens is 402 g/mol. The topological polar surface area (TPSA) is 123 Å². The number of ether oxygens (including phenoxy) is 2. The summed E-state index contributed by atoms with van der Waals surface area (Å²) in [5.41, 5.74) is 2.71. The number of methoxy groups -OCH3 is 1. The number of carboxylic acid groups (broad SMARTS) is 1. The van der Waals surface area contributed by atoms with Gasteiger partial charge in [0.2, 0.25) is 0 Å². The third-order valence-corrected chi connectivity index (χ3v) is 5.41. The van der Waals surface area contributed by atoms with Gasteiger partial charge in [0.25, 0.3) is 0 Å². The predicted octanol–water partition coefficient (Wildman–Crippen LogP) is 1.24. The molecule has 1 aromatic carbocycles. The van der Waals surface area contributed by atoms with E-state index in [2.05, 4.69) is 15.0 Å². The number of aromatic nitrogens is 4. The van der Waals surface area contributed by atoms with Crippen LogP contribution < -0.4 is 10.4 Å². The number of hydrogen-bond donors (Lipinski definition) is 2. The number of aromatic amines is 1. The van der Waals surface area contributed by atoms with E-state index in [9.17, 15) is 14.7 Å². The lowest BCUT2D eigenvalue weighted by Gasteiger charge is -2.21. The van der Waals surface area contributed by atoms with Gasteiger partial charge in [0, 0.05) is 13.7 Å². The van der Waals surface area contributed by atoms with E-state index in [1.807, 2.05) is 29.2 Å². The van der Waals surface area contributed by atoms with E-state index in [0.717, 1.165) is 24.1 Å². The Hall–Kier alpha value is -3.24. The summed E-state index contributed by atoms with van der Waals surface area (Å²) in [4.78, 5) is 37.0. The highest BCUT2D eigenvalue weighted by Crippen LogP contribution is 2.21. The number of likely N-dealkylation sites (tertiary alicyclic amines) is 1. The smallest absolute Gasteiger partial charge is 0.328 e. The molecule has 0 radical (unpaired) electrons. The van der Waals surface area contributed by atoms with E-state index in [1.54, 1.807) is 7.11 Å². The van der Waals surface area contributed by atoms with E-state index in [1.165, 1.54) is 10.8 Å². The third-order valence-electron chi connectivity index (χ3n) is 5.41. The van der Waals surface area contributed by atoms with E-state index in [0.29, 0.717) is 43.9 Å². The zero-order valence-electron chi connectivity index (χ0n) is 17.3. The number of rotatable bonds is 9. The largest absolute Gasteiger partial charge is 0.480 e. The second-order valence-corrected chi connectivity index (χ2v) is 7.53. The summed E-state index contributed by atoms with van der Waals surface area (Å²) in [5, 5.41) is 9.34. The monoisotopic (exact) mass is 427 g/mol. The molecule has 164 valence electrons. The van der Waals surface area contributed by atoms with Crippen LogP contribution in [-0.4, -0.2) is 68.4 Å². The van der Waals surface area contributed by atoms with Crippen LogP contribution in [0.4, 0.5) is 0 Å². The maximum absolute atomic E-state index is 12.4. The van der Waals surface area contributed by atoms with Crippen molar-refractivity contribution in [2.45, 2.75) is 32.0 Å². The van der Waals surface area contributed by atoms with Crippen LogP contribution in [0.1, 0.15) is 24.0 Å². The Morgan fingerprint density at radius 2 is 1.97 bits per heavy atom. The van der Waals surface area contributed by atoms with Crippen molar-refractivity contribution in [1.82, 2.24) is 24.4 Å². The molecule has 1 saturated heterocycles. The highest BCUT2D eigenvalue weighted by molar-refractivity contribution is 5.73. The van der Waals surface area contributed by atoms with Crippen LogP contribution in [-0.2, 0) is 22.6 Å². The molecule has 10 nitrogen and oxygen atoms in total. The second kappa shape index (κ2) is 9.27. The van der Waals surface area contributed by atoms with E-state index in [4.69, 9.17) is 9.47 Å². The summed E-state index contributed by atoms with van der Waals surface area (Å²) in [6, 6.07) is 7.62. The molecule has 1 aliphatic rings. The Bertz CT molecular complexity index is 1110. The third kappa shape index (κ3) is 4.75. The Morgan fingerprint density at radius 3 is 2.68 bits per heavy atom. The summed E-state index contributed by atoms with van der Waals surface area (Å²) in [7, 11) is 1.58. The average Bonchev–Trinajstić information content (AvgIpc) is 3.34. The molecule has 2 aromatic heterocycles. The first-order valence-corrected chi connectivity index (χ1v) is 10.2. The van der Waals surface area contributed by atoms with Crippen LogP contribution >= 0.6 is 0 Å². The molecule has 0 unspecified atom stereocenters. The number of benzene rings is 1. The summed E-state index contributed by atoms with van der Waals surface area (Å²) in [6.45, 7) is 2.46. The molecule has 1 atom stereocenters. The van der Waals surface area contributed by atoms with Gasteiger partial charge in [-0.3, -0.25) is 14.3 Å². The molecule has 0 spiro atoms. The maximum atomic E-state index is 12.4. The van der Waals surface area contributed by atoms with E-state index in [-0.39, 0.29) is 11.7 Å². The van der Waals surface area contributed by atoms with E-state index < -0.39 is 12.0 Å². The first-order valence-electron chi connectivity index (χ1n) is 10.2. The van der Waals surface area contributed by atoms with Crippen molar-refractivity contribution in [2.24, 2.45) is 0 Å². The minimum atomic E-state index is -0.764. The summed E-state index contributed by atoms with van der Waals surface area (Å²) in [6.07, 6.45) is 3.12. The fourth-order valence-electron chi connectivity index (χ4n) is 3.82. The van der Waals surface area contributed by atoms with Gasteiger partial charge >= 0.3 is 17.7 Å². The van der Waals surface area contributed by atoms with Crippen LogP contribution in [0.5, 0.6) is 6.01 Å². The first kappa shape index (κ1) is 21.0. The van der Waals surface area contributed by atoms with Gasteiger partial charge < -0.3 is 19.6 Å². The summed E-state index contributed by atoms with van der Waals surface area (Å²) in [5.74, 6) is -0.764. The normalized spacial score (nSPS) is 16.7. The number of nitrogens with zero attached hydrogens (tertiary/aromatic N) is 4. The molecule has 2 N–H and O–H groups in total. The molecule has 3 aromatic rings. The lowest BCUT2D eigenvalue weighted by atomic mass is 10.1. The molecule has 3 heterocycles. The van der Waals surface area contributed by atoms with Gasteiger partial charge in [-0.1, -0.05) is 24.3 Å². The minimum absolute atomic E-state index is 0.186. The molecule has 0 amide bonds. The first-order chi connectivity index (χ1) is 15.0. The molecule has 0 saturated carbocycles. The van der Waals surface area contributed by atoms with Crippen molar-refractivity contribution in [3.63, 3.8) is 0 Å². The Kier molecular flexibility index (Phi) is 6.28. The highest BCUT2D eigenvalue weighted by Gasteiger charge is 2.30. The molecule has 1 aliphatic heterocycles. The number of aliphatic carboxylic acids is 1. The lowest BCUT2D eigenvalue weighted by Crippen LogP contribution is -2.35. The molecule has 1 fully saturated rings. The fraction of sp³-hybridized carbons (Fsp3) is 0.429. The van der Waals surface area contributed by atoms with Crippen molar-refractivity contribution >= 4 is 17.1 Å². The van der Waals surface area contributed by atoms with Crippen molar-refractivity contribution in [3.8, 4) is 6.01 Å². The average molecular weight is 427 g/mol. The molecule has 4 rings (SSSR count). The standard InChI is InChI=1S/C21H25N5O5/c1-30-9-10-31-20-22-11-16-18(24-20)26(21(29)23-16)13-15-6-4-14(5-7-15)12-25-8-2-3-17(25)19(27)28/h4-7,11,17H,2-3,8-10,12-13H2,1H3,(H,23,29)(H,27,28)/t17-/m1/s1. The van der Waals surface area contributed by atoms with Crippen LogP contribution in [0.15, 0.2) is 35.3 Å². The molecule has 10 heteroatoms. The molecule has 31 heavy (non-hydrogen) atoms. The van der Waals surface area contributed by atoms with Gasteiger partial charge in [-0.05, 0) is 30.5 Å².